The number of carbonyl (C=O) groups is 3. The molecule has 0 saturated heterocycles. The lowest BCUT2D eigenvalue weighted by molar-refractivity contribution is -0.136. The molecule has 0 aromatic heterocycles. The molecule has 0 N–H and O–H groups in total. The smallest absolute Gasteiger partial charge is 0.360 e. The van der Waals surface area contributed by atoms with Crippen LogP contribution in [0.1, 0.15) is 32.3 Å². The third kappa shape index (κ3) is 4.05. The summed E-state index contributed by atoms with van der Waals surface area (Å²) in [5.41, 5.74) is -1.33. The van der Waals surface area contributed by atoms with Crippen LogP contribution in [-0.4, -0.2) is 43.4 Å². The molecule has 0 spiro atoms. The topological polar surface area (TPSA) is 91.3 Å². The first kappa shape index (κ1) is 21.9. The first-order valence-corrected chi connectivity index (χ1v) is 8.93. The van der Waals surface area contributed by atoms with Crippen LogP contribution in [0.2, 0.25) is 10.0 Å². The van der Waals surface area contributed by atoms with Gasteiger partial charge in [-0.3, -0.25) is 4.79 Å². The molecule has 7 nitrogen and oxygen atoms in total. The molecule has 150 valence electrons. The molecule has 1 aliphatic heterocycles. The van der Waals surface area contributed by atoms with Gasteiger partial charge in [-0.2, -0.15) is 0 Å². The number of benzene rings is 1. The molecular weight excluding hydrogens is 409 g/mol. The minimum Gasteiger partial charge on any atom is -0.470 e. The highest BCUT2D eigenvalue weighted by molar-refractivity contribution is 6.64. The van der Waals surface area contributed by atoms with Gasteiger partial charge in [0.25, 0.3) is 0 Å². The Kier molecular flexibility index (Phi) is 6.52. The number of aliphatic imine (C=N–C) groups is 1. The molecule has 0 aliphatic carbocycles. The van der Waals surface area contributed by atoms with Gasteiger partial charge in [-0.25, -0.2) is 14.6 Å². The number of esters is 2. The van der Waals surface area contributed by atoms with E-state index in [1.165, 1.54) is 27.0 Å². The molecule has 0 fully saturated rings. The van der Waals surface area contributed by atoms with E-state index in [-0.39, 0.29) is 16.4 Å². The number of hydrogen-bond donors (Lipinski definition) is 0. The van der Waals surface area contributed by atoms with Gasteiger partial charge in [-0.15, -0.1) is 0 Å². The summed E-state index contributed by atoms with van der Waals surface area (Å²) in [6, 6.07) is 4.73. The number of nitrogens with zero attached hydrogens (tertiary/aromatic N) is 1. The SMILES string of the molecule is COC(=O)C(=N[C@@]1(C)OC(C)=C(C(=O)OC)[C@H]1c1ccc(Cl)cc1Cl)C(C)=O. The third-order valence-corrected chi connectivity index (χ3v) is 4.85. The fraction of sp³-hybridized carbons (Fsp3) is 0.368. The Morgan fingerprint density at radius 2 is 1.82 bits per heavy atom. The normalized spacial score (nSPS) is 22.0. The van der Waals surface area contributed by atoms with Gasteiger partial charge in [0.1, 0.15) is 5.76 Å². The van der Waals surface area contributed by atoms with E-state index in [0.29, 0.717) is 10.6 Å². The summed E-state index contributed by atoms with van der Waals surface area (Å²) >= 11 is 12.3. The second kappa shape index (κ2) is 8.32. The third-order valence-electron chi connectivity index (χ3n) is 4.29. The largest absolute Gasteiger partial charge is 0.470 e. The van der Waals surface area contributed by atoms with Gasteiger partial charge < -0.3 is 14.2 Å². The van der Waals surface area contributed by atoms with Crippen molar-refractivity contribution in [2.45, 2.75) is 32.4 Å². The van der Waals surface area contributed by atoms with Crippen LogP contribution < -0.4 is 0 Å². The van der Waals surface area contributed by atoms with Crippen LogP contribution in [0.4, 0.5) is 0 Å². The lowest BCUT2D eigenvalue weighted by atomic mass is 9.84. The van der Waals surface area contributed by atoms with Crippen molar-refractivity contribution in [1.29, 1.82) is 0 Å². The summed E-state index contributed by atoms with van der Waals surface area (Å²) in [7, 11) is 2.37. The second-order valence-electron chi connectivity index (χ2n) is 6.23. The van der Waals surface area contributed by atoms with Crippen LogP contribution in [0.15, 0.2) is 34.5 Å². The van der Waals surface area contributed by atoms with Gasteiger partial charge in [0.2, 0.25) is 5.72 Å². The first-order chi connectivity index (χ1) is 13.1. The zero-order chi connectivity index (χ0) is 21.2. The summed E-state index contributed by atoms with van der Waals surface area (Å²) < 4.78 is 15.4. The molecule has 9 heteroatoms. The van der Waals surface area contributed by atoms with E-state index in [1.54, 1.807) is 19.1 Å². The van der Waals surface area contributed by atoms with Crippen LogP contribution in [0.25, 0.3) is 0 Å². The molecule has 0 unspecified atom stereocenters. The number of Topliss-reactive ketones (excluding diaryl/α,β-unsaturated/α-hetero) is 1. The molecular formula is C19H19Cl2NO6. The molecule has 1 heterocycles. The second-order valence-corrected chi connectivity index (χ2v) is 7.07. The lowest BCUT2D eigenvalue weighted by Gasteiger charge is -2.29. The van der Waals surface area contributed by atoms with Gasteiger partial charge in [-0.05, 0) is 31.5 Å². The molecule has 0 amide bonds. The zero-order valence-corrected chi connectivity index (χ0v) is 17.5. The summed E-state index contributed by atoms with van der Waals surface area (Å²) in [5.74, 6) is -2.79. The quantitative estimate of drug-likeness (QED) is 0.405. The molecule has 0 bridgehead atoms. The van der Waals surface area contributed by atoms with Crippen molar-refractivity contribution < 1.29 is 28.6 Å². The maximum atomic E-state index is 12.4. The lowest BCUT2D eigenvalue weighted by Crippen LogP contribution is -2.36. The molecule has 2 rings (SSSR count). The Hall–Kier alpha value is -2.38. The highest BCUT2D eigenvalue weighted by Crippen LogP contribution is 2.49. The Bertz CT molecular complexity index is 908. The van der Waals surface area contributed by atoms with Gasteiger partial charge >= 0.3 is 11.9 Å². The maximum Gasteiger partial charge on any atom is 0.360 e. The van der Waals surface area contributed by atoms with Crippen molar-refractivity contribution in [1.82, 2.24) is 0 Å². The molecule has 0 radical (unpaired) electrons. The average Bonchev–Trinajstić information content (AvgIpc) is 2.88. The summed E-state index contributed by atoms with van der Waals surface area (Å²) in [6.45, 7) is 4.28. The van der Waals surface area contributed by atoms with Crippen LogP contribution in [0.3, 0.4) is 0 Å². The monoisotopic (exact) mass is 427 g/mol. The Labute approximate surface area is 172 Å². The predicted octanol–water partition coefficient (Wildman–Crippen LogP) is 3.47. The molecule has 2 atom stereocenters. The van der Waals surface area contributed by atoms with Crippen molar-refractivity contribution in [3.63, 3.8) is 0 Å². The van der Waals surface area contributed by atoms with E-state index in [2.05, 4.69) is 9.73 Å². The number of ketones is 1. The van der Waals surface area contributed by atoms with E-state index in [0.717, 1.165) is 7.11 Å². The molecule has 1 aromatic rings. The molecule has 1 aromatic carbocycles. The number of ether oxygens (including phenoxy) is 3. The van der Waals surface area contributed by atoms with Crippen LogP contribution in [0.5, 0.6) is 0 Å². The minimum atomic E-state index is -1.53. The average molecular weight is 428 g/mol. The number of rotatable bonds is 5. The van der Waals surface area contributed by atoms with Crippen LogP contribution in [-0.2, 0) is 28.6 Å². The zero-order valence-electron chi connectivity index (χ0n) is 16.0. The Morgan fingerprint density at radius 1 is 1.18 bits per heavy atom. The number of methoxy groups -OCH3 is 2. The summed E-state index contributed by atoms with van der Waals surface area (Å²) in [5, 5.41) is 0.665. The van der Waals surface area contributed by atoms with E-state index >= 15 is 0 Å². The Balaban J connectivity index is 2.74. The molecule has 28 heavy (non-hydrogen) atoms. The number of allylic oxidation sites excluding steroid dienone is 1. The highest BCUT2D eigenvalue weighted by Gasteiger charge is 2.51. The van der Waals surface area contributed by atoms with E-state index < -0.39 is 35.1 Å². The summed E-state index contributed by atoms with van der Waals surface area (Å²) in [6.07, 6.45) is 0. The Morgan fingerprint density at radius 3 is 2.32 bits per heavy atom. The van der Waals surface area contributed by atoms with Crippen molar-refractivity contribution >= 4 is 46.6 Å². The molecule has 1 aliphatic rings. The van der Waals surface area contributed by atoms with Crippen molar-refractivity contribution in [2.24, 2.45) is 4.99 Å². The van der Waals surface area contributed by atoms with Crippen molar-refractivity contribution in [3.05, 3.63) is 45.1 Å². The van der Waals surface area contributed by atoms with Crippen molar-refractivity contribution in [2.75, 3.05) is 14.2 Å². The van der Waals surface area contributed by atoms with Gasteiger partial charge in [-0.1, -0.05) is 29.3 Å². The first-order valence-electron chi connectivity index (χ1n) is 8.17. The fourth-order valence-corrected chi connectivity index (χ4v) is 3.64. The number of hydrogen-bond acceptors (Lipinski definition) is 7. The van der Waals surface area contributed by atoms with Gasteiger partial charge in [0.05, 0.1) is 25.7 Å². The van der Waals surface area contributed by atoms with E-state index in [4.69, 9.17) is 32.7 Å². The number of carbonyl (C=O) groups excluding carboxylic acids is 3. The van der Waals surface area contributed by atoms with E-state index in [1.807, 2.05) is 0 Å². The highest BCUT2D eigenvalue weighted by atomic mass is 35.5. The van der Waals surface area contributed by atoms with E-state index in [9.17, 15) is 14.4 Å². The summed E-state index contributed by atoms with van der Waals surface area (Å²) in [4.78, 5) is 40.7. The van der Waals surface area contributed by atoms with Crippen LogP contribution in [0, 0.1) is 0 Å². The minimum absolute atomic E-state index is 0.172. The standard InChI is InChI=1S/C19H19Cl2NO6/c1-9(23)16(18(25)27-5)22-19(3)15(12-7-6-11(20)8-13(12)21)14(10(2)28-19)17(24)26-4/h6-8,15H,1-5H3/t15-,19+/m1/s1. The maximum absolute atomic E-state index is 12.4. The van der Waals surface area contributed by atoms with Crippen LogP contribution >= 0.6 is 23.2 Å². The predicted molar refractivity (Wildman–Crippen MR) is 104 cm³/mol. The van der Waals surface area contributed by atoms with Crippen molar-refractivity contribution in [3.8, 4) is 0 Å². The fourth-order valence-electron chi connectivity index (χ4n) is 3.12. The molecule has 0 saturated carbocycles. The van der Waals surface area contributed by atoms with Gasteiger partial charge in [0.15, 0.2) is 11.5 Å². The number of halogens is 2. The van der Waals surface area contributed by atoms with Gasteiger partial charge in [0, 0.05) is 17.0 Å².